The van der Waals surface area contributed by atoms with Gasteiger partial charge in [0.2, 0.25) is 0 Å². The van der Waals surface area contributed by atoms with Crippen molar-refractivity contribution in [2.75, 3.05) is 0 Å². The van der Waals surface area contributed by atoms with Crippen LogP contribution in [0.1, 0.15) is 26.7 Å². The molecule has 2 heteroatoms. The number of allylic oxidation sites excluding steroid dienone is 8. The van der Waals surface area contributed by atoms with E-state index in [9.17, 15) is 0 Å². The molecule has 0 nitrogen and oxygen atoms in total. The van der Waals surface area contributed by atoms with Crippen molar-refractivity contribution in [3.63, 3.8) is 0 Å². The molecular formula is C14H20SiZr. The molecular weight excluding hydrogens is 287 g/mol. The average molecular weight is 308 g/mol. The van der Waals surface area contributed by atoms with Gasteiger partial charge in [0, 0.05) is 0 Å². The van der Waals surface area contributed by atoms with E-state index in [2.05, 4.69) is 51.2 Å². The van der Waals surface area contributed by atoms with Gasteiger partial charge in [-0.25, -0.2) is 0 Å². The van der Waals surface area contributed by atoms with Gasteiger partial charge in [0.05, 0.1) is 0 Å². The molecule has 0 fully saturated rings. The maximum absolute atomic E-state index is 2.53. The topological polar surface area (TPSA) is 0 Å². The van der Waals surface area contributed by atoms with Gasteiger partial charge in [-0.3, -0.25) is 0 Å². The molecule has 0 aromatic carbocycles. The average Bonchev–Trinajstić information content (AvgIpc) is 2.83. The van der Waals surface area contributed by atoms with Crippen LogP contribution in [0, 0.1) is 0 Å². The molecule has 0 aromatic rings. The molecule has 0 radical (unpaired) electrons. The molecule has 84 valence electrons. The number of hydrogen-bond acceptors (Lipinski definition) is 0. The second-order valence-corrected chi connectivity index (χ2v) is 22.1. The minimum absolute atomic E-state index is 0.0974. The molecule has 0 N–H and O–H groups in total. The molecule has 0 amide bonds. The summed E-state index contributed by atoms with van der Waals surface area (Å²) in [5.74, 6) is 0. The van der Waals surface area contributed by atoms with Crippen molar-refractivity contribution in [2.45, 2.75) is 39.8 Å². The Morgan fingerprint density at radius 2 is 1.94 bits per heavy atom. The summed E-state index contributed by atoms with van der Waals surface area (Å²) < 4.78 is 3.74. The van der Waals surface area contributed by atoms with E-state index < -0.39 is 20.4 Å². The maximum atomic E-state index is 2.53. The van der Waals surface area contributed by atoms with E-state index in [0.717, 1.165) is 0 Å². The normalized spacial score (nSPS) is 19.0. The molecule has 0 aromatic heterocycles. The molecule has 0 heterocycles. The van der Waals surface area contributed by atoms with Gasteiger partial charge >= 0.3 is 108 Å². The predicted molar refractivity (Wildman–Crippen MR) is 70.4 cm³/mol. The van der Waals surface area contributed by atoms with Gasteiger partial charge < -0.3 is 0 Å². The van der Waals surface area contributed by atoms with E-state index in [1.54, 1.807) is 11.1 Å². The van der Waals surface area contributed by atoms with E-state index in [1.807, 2.05) is 6.56 Å². The monoisotopic (exact) mass is 306 g/mol. The third-order valence-electron chi connectivity index (χ3n) is 3.55. The van der Waals surface area contributed by atoms with Gasteiger partial charge in [-0.05, 0) is 0 Å². The summed E-state index contributed by atoms with van der Waals surface area (Å²) in [7, 11) is 0. The fourth-order valence-electron chi connectivity index (χ4n) is 2.54. The zero-order valence-corrected chi connectivity index (χ0v) is 14.2. The van der Waals surface area contributed by atoms with E-state index in [1.165, 1.54) is 12.8 Å². The van der Waals surface area contributed by atoms with Crippen LogP contribution in [0.25, 0.3) is 0 Å². The Kier molecular flexibility index (Phi) is 4.02. The molecule has 0 bridgehead atoms. The van der Waals surface area contributed by atoms with Crippen molar-refractivity contribution in [3.05, 3.63) is 42.0 Å². The second-order valence-electron chi connectivity index (χ2n) is 4.89. The summed E-state index contributed by atoms with van der Waals surface area (Å²) in [6.07, 6.45) is 12.0. The third kappa shape index (κ3) is 2.33. The Labute approximate surface area is 107 Å². The van der Waals surface area contributed by atoms with Gasteiger partial charge in [0.1, 0.15) is 0 Å². The van der Waals surface area contributed by atoms with E-state index in [4.69, 9.17) is 0 Å². The van der Waals surface area contributed by atoms with Crippen LogP contribution in [0.15, 0.2) is 42.0 Å². The van der Waals surface area contributed by atoms with Crippen LogP contribution in [-0.4, -0.2) is 5.43 Å². The molecule has 0 saturated carbocycles. The third-order valence-corrected chi connectivity index (χ3v) is 21.0. The SMILES string of the molecule is CC1=CC[C]([Zr]([C]2=CC=CC2)=[Si](C)C)=C1C. The van der Waals surface area contributed by atoms with Crippen molar-refractivity contribution in [1.82, 2.24) is 0 Å². The molecule has 2 aliphatic carbocycles. The van der Waals surface area contributed by atoms with Crippen molar-refractivity contribution < 1.29 is 20.4 Å². The molecule has 0 spiro atoms. The first-order chi connectivity index (χ1) is 7.61. The van der Waals surface area contributed by atoms with Crippen LogP contribution in [0.2, 0.25) is 13.1 Å². The summed E-state index contributed by atoms with van der Waals surface area (Å²) in [5.41, 5.74) is 3.09. The Hall–Kier alpha value is 0.0600. The van der Waals surface area contributed by atoms with Gasteiger partial charge in [-0.2, -0.15) is 0 Å². The van der Waals surface area contributed by atoms with Crippen LogP contribution in [0.4, 0.5) is 0 Å². The Morgan fingerprint density at radius 1 is 1.19 bits per heavy atom. The zero-order chi connectivity index (χ0) is 11.7. The van der Waals surface area contributed by atoms with Gasteiger partial charge in [0.15, 0.2) is 0 Å². The van der Waals surface area contributed by atoms with Crippen molar-refractivity contribution >= 4 is 5.43 Å². The van der Waals surface area contributed by atoms with Crippen molar-refractivity contribution in [1.29, 1.82) is 0 Å². The first-order valence-electron chi connectivity index (χ1n) is 6.02. The van der Waals surface area contributed by atoms with Crippen LogP contribution >= 0.6 is 0 Å². The molecule has 16 heavy (non-hydrogen) atoms. The molecule has 0 unspecified atom stereocenters. The summed E-state index contributed by atoms with van der Waals surface area (Å²) in [6.45, 7) is 9.70. The molecule has 2 aliphatic rings. The fourth-order valence-corrected chi connectivity index (χ4v) is 20.3. The fraction of sp³-hybridized carbons (Fsp3) is 0.429. The predicted octanol–water partition coefficient (Wildman–Crippen LogP) is 4.32. The molecule has 2 rings (SSSR count). The van der Waals surface area contributed by atoms with E-state index in [0.29, 0.717) is 0 Å². The Morgan fingerprint density at radius 3 is 2.38 bits per heavy atom. The number of rotatable bonds is 2. The molecule has 0 aliphatic heterocycles. The van der Waals surface area contributed by atoms with Crippen LogP contribution in [-0.2, 0) is 20.4 Å². The molecule has 0 saturated heterocycles. The van der Waals surface area contributed by atoms with Crippen LogP contribution in [0.5, 0.6) is 0 Å². The minimum atomic E-state index is -1.42. The quantitative estimate of drug-likeness (QED) is 0.666. The van der Waals surface area contributed by atoms with Gasteiger partial charge in [0.25, 0.3) is 0 Å². The summed E-state index contributed by atoms with van der Waals surface area (Å²) in [5, 5.41) is 0. The summed E-state index contributed by atoms with van der Waals surface area (Å²) in [6, 6.07) is 0. The zero-order valence-electron chi connectivity index (χ0n) is 10.7. The van der Waals surface area contributed by atoms with Crippen molar-refractivity contribution in [3.8, 4) is 0 Å². The standard InChI is InChI=1S/C7H9.C5H5.C2H6Si.Zr/c1-6-4-3-5-7(6)2;1-2-4-5-3-1;1-3-2;/h4H,3H2,1-2H3;1-3H,4H2;1-2H3;. The molecule has 0 atom stereocenters. The van der Waals surface area contributed by atoms with Crippen LogP contribution < -0.4 is 0 Å². The summed E-state index contributed by atoms with van der Waals surface area (Å²) >= 11 is -1.42. The van der Waals surface area contributed by atoms with Crippen LogP contribution in [0.3, 0.4) is 0 Å². The van der Waals surface area contributed by atoms with E-state index in [-0.39, 0.29) is 5.43 Å². The Bertz CT molecular complexity index is 469. The number of hydrogen-bond donors (Lipinski definition) is 0. The summed E-state index contributed by atoms with van der Waals surface area (Å²) in [4.78, 5) is 0. The second kappa shape index (κ2) is 5.14. The van der Waals surface area contributed by atoms with Crippen molar-refractivity contribution in [2.24, 2.45) is 0 Å². The first-order valence-corrected chi connectivity index (χ1v) is 14.7. The first kappa shape index (κ1) is 12.5. The van der Waals surface area contributed by atoms with E-state index >= 15 is 0 Å². The van der Waals surface area contributed by atoms with Gasteiger partial charge in [-0.1, -0.05) is 0 Å². The Balaban J connectivity index is 2.42. The van der Waals surface area contributed by atoms with Gasteiger partial charge in [-0.15, -0.1) is 0 Å².